The van der Waals surface area contributed by atoms with Gasteiger partial charge < -0.3 is 14.2 Å². The molecule has 1 rings (SSSR count). The maximum Gasteiger partial charge on any atom is 0.246 e. The van der Waals surface area contributed by atoms with Crippen molar-refractivity contribution in [3.05, 3.63) is 11.9 Å². The van der Waals surface area contributed by atoms with Crippen molar-refractivity contribution in [3.8, 4) is 11.8 Å². The summed E-state index contributed by atoms with van der Waals surface area (Å²) in [4.78, 5) is 20.1. The van der Waals surface area contributed by atoms with E-state index in [9.17, 15) is 4.79 Å². The van der Waals surface area contributed by atoms with Gasteiger partial charge >= 0.3 is 0 Å². The lowest BCUT2D eigenvalue weighted by Crippen LogP contribution is -2.13. The smallest absolute Gasteiger partial charge is 0.246 e. The number of ether oxygens (including phenoxy) is 3. The Hall–Kier alpha value is -1.69. The second kappa shape index (κ2) is 6.90. The van der Waals surface area contributed by atoms with Crippen LogP contribution in [0.3, 0.4) is 0 Å². The van der Waals surface area contributed by atoms with E-state index in [0.717, 1.165) is 0 Å². The van der Waals surface area contributed by atoms with Gasteiger partial charge in [-0.15, -0.1) is 0 Å². The number of carbonyl (C=O) groups excluding carboxylic acids is 1. The molecule has 0 aliphatic rings. The van der Waals surface area contributed by atoms with Crippen molar-refractivity contribution in [2.45, 2.75) is 13.3 Å². The molecule has 0 saturated heterocycles. The van der Waals surface area contributed by atoms with Crippen molar-refractivity contribution in [1.82, 2.24) is 9.97 Å². The molecule has 1 aromatic heterocycles. The highest BCUT2D eigenvalue weighted by Gasteiger charge is 2.19. The molecule has 0 spiro atoms. The lowest BCUT2D eigenvalue weighted by atomic mass is 10.0. The van der Waals surface area contributed by atoms with E-state index in [-0.39, 0.29) is 23.3 Å². The fourth-order valence-electron chi connectivity index (χ4n) is 1.55. The summed E-state index contributed by atoms with van der Waals surface area (Å²) < 4.78 is 15.0. The van der Waals surface area contributed by atoms with Gasteiger partial charge in [-0.2, -0.15) is 4.98 Å². The minimum atomic E-state index is -0.119. The summed E-state index contributed by atoms with van der Waals surface area (Å²) in [5.74, 6) is 0.500. The summed E-state index contributed by atoms with van der Waals surface area (Å²) in [6.07, 6.45) is 1.74. The number of nitrogens with zero attached hydrogens (tertiary/aromatic N) is 2. The summed E-state index contributed by atoms with van der Waals surface area (Å²) in [7, 11) is 4.53. The van der Waals surface area contributed by atoms with Gasteiger partial charge in [0.25, 0.3) is 0 Å². The molecule has 1 aromatic rings. The van der Waals surface area contributed by atoms with Crippen molar-refractivity contribution < 1.29 is 19.0 Å². The molecule has 1 unspecified atom stereocenters. The van der Waals surface area contributed by atoms with Crippen molar-refractivity contribution in [2.24, 2.45) is 5.92 Å². The van der Waals surface area contributed by atoms with Crippen molar-refractivity contribution in [3.63, 3.8) is 0 Å². The number of hydrogen-bond acceptors (Lipinski definition) is 6. The second-order valence-corrected chi connectivity index (χ2v) is 3.96. The molecule has 0 aliphatic carbocycles. The zero-order chi connectivity index (χ0) is 13.5. The molecule has 1 heterocycles. The molecule has 18 heavy (non-hydrogen) atoms. The first kappa shape index (κ1) is 14.4. The average molecular weight is 254 g/mol. The first-order chi connectivity index (χ1) is 8.62. The van der Waals surface area contributed by atoms with Crippen LogP contribution in [0.1, 0.15) is 23.8 Å². The normalized spacial score (nSPS) is 12.0. The third kappa shape index (κ3) is 3.66. The van der Waals surface area contributed by atoms with Gasteiger partial charge in [-0.05, 0) is 5.92 Å². The molecule has 0 fully saturated rings. The summed E-state index contributed by atoms with van der Waals surface area (Å²) in [5, 5.41) is 0. The van der Waals surface area contributed by atoms with E-state index >= 15 is 0 Å². The van der Waals surface area contributed by atoms with E-state index in [0.29, 0.717) is 18.9 Å². The predicted molar refractivity (Wildman–Crippen MR) is 65.1 cm³/mol. The monoisotopic (exact) mass is 254 g/mol. The molecule has 6 heteroatoms. The van der Waals surface area contributed by atoms with Crippen LogP contribution in [0.5, 0.6) is 11.8 Å². The van der Waals surface area contributed by atoms with Gasteiger partial charge in [0.15, 0.2) is 11.5 Å². The number of ketones is 1. The predicted octanol–water partition coefficient (Wildman–Crippen LogP) is 1.35. The highest BCUT2D eigenvalue weighted by molar-refractivity contribution is 5.96. The molecule has 0 aliphatic heterocycles. The molecule has 0 bridgehead atoms. The molecular weight excluding hydrogens is 236 g/mol. The summed E-state index contributed by atoms with van der Waals surface area (Å²) in [6, 6.07) is 0. The Morgan fingerprint density at radius 1 is 1.33 bits per heavy atom. The van der Waals surface area contributed by atoms with Gasteiger partial charge in [-0.3, -0.25) is 4.79 Å². The molecule has 0 saturated carbocycles. The van der Waals surface area contributed by atoms with E-state index in [1.54, 1.807) is 7.11 Å². The second-order valence-electron chi connectivity index (χ2n) is 3.96. The number of Topliss-reactive ketones (excluding diaryl/α,β-unsaturated/α-hetero) is 1. The third-order valence-electron chi connectivity index (χ3n) is 2.37. The molecule has 0 amide bonds. The van der Waals surface area contributed by atoms with Crippen molar-refractivity contribution in [1.29, 1.82) is 0 Å². The Labute approximate surface area is 106 Å². The fourth-order valence-corrected chi connectivity index (χ4v) is 1.55. The van der Waals surface area contributed by atoms with Crippen LogP contribution in [0.4, 0.5) is 0 Å². The molecule has 0 aromatic carbocycles. The Balaban J connectivity index is 2.84. The Bertz CT molecular complexity index is 409. The van der Waals surface area contributed by atoms with Crippen LogP contribution in [-0.2, 0) is 4.74 Å². The van der Waals surface area contributed by atoms with Crippen LogP contribution in [0.2, 0.25) is 0 Å². The van der Waals surface area contributed by atoms with E-state index in [4.69, 9.17) is 14.2 Å². The van der Waals surface area contributed by atoms with Gasteiger partial charge in [-0.25, -0.2) is 4.98 Å². The number of methoxy groups -OCH3 is 3. The molecular formula is C12H18N2O4. The van der Waals surface area contributed by atoms with Crippen molar-refractivity contribution in [2.75, 3.05) is 27.9 Å². The largest absolute Gasteiger partial charge is 0.480 e. The van der Waals surface area contributed by atoms with Crippen molar-refractivity contribution >= 4 is 5.78 Å². The number of hydrogen-bond donors (Lipinski definition) is 0. The van der Waals surface area contributed by atoms with Gasteiger partial charge in [0.1, 0.15) is 0 Å². The first-order valence-corrected chi connectivity index (χ1v) is 5.59. The summed E-state index contributed by atoms with van der Waals surface area (Å²) in [5.41, 5.74) is 0.223. The molecule has 6 nitrogen and oxygen atoms in total. The topological polar surface area (TPSA) is 70.5 Å². The lowest BCUT2D eigenvalue weighted by molar-refractivity contribution is 0.0911. The van der Waals surface area contributed by atoms with Gasteiger partial charge in [0.05, 0.1) is 20.4 Å². The SMILES string of the molecule is COCC(C)CC(=O)c1ncc(OC)nc1OC. The summed E-state index contributed by atoms with van der Waals surface area (Å²) in [6.45, 7) is 2.46. The maximum absolute atomic E-state index is 12.0. The summed E-state index contributed by atoms with van der Waals surface area (Å²) >= 11 is 0. The third-order valence-corrected chi connectivity index (χ3v) is 2.37. The highest BCUT2D eigenvalue weighted by atomic mass is 16.5. The fraction of sp³-hybridized carbons (Fsp3) is 0.583. The number of carbonyl (C=O) groups is 1. The standard InChI is InChI=1S/C12H18N2O4/c1-8(7-16-2)5-9(15)11-12(18-4)14-10(17-3)6-13-11/h6,8H,5,7H2,1-4H3. The lowest BCUT2D eigenvalue weighted by Gasteiger charge is -2.10. The first-order valence-electron chi connectivity index (χ1n) is 5.59. The molecule has 100 valence electrons. The number of aromatic nitrogens is 2. The molecule has 1 atom stereocenters. The van der Waals surface area contributed by atoms with Crippen LogP contribution in [0.15, 0.2) is 6.20 Å². The highest BCUT2D eigenvalue weighted by Crippen LogP contribution is 2.19. The zero-order valence-corrected chi connectivity index (χ0v) is 11.1. The van der Waals surface area contributed by atoms with E-state index in [1.165, 1.54) is 20.4 Å². The van der Waals surface area contributed by atoms with Gasteiger partial charge in [0, 0.05) is 20.1 Å². The van der Waals surface area contributed by atoms with Crippen LogP contribution in [-0.4, -0.2) is 43.7 Å². The molecule has 0 radical (unpaired) electrons. The Kier molecular flexibility index (Phi) is 5.51. The van der Waals surface area contributed by atoms with Gasteiger partial charge in [-0.1, -0.05) is 6.92 Å². The van der Waals surface area contributed by atoms with E-state index in [2.05, 4.69) is 9.97 Å². The minimum Gasteiger partial charge on any atom is -0.480 e. The quantitative estimate of drug-likeness (QED) is 0.684. The number of rotatable bonds is 7. The maximum atomic E-state index is 12.0. The van der Waals surface area contributed by atoms with Crippen LogP contribution in [0.25, 0.3) is 0 Å². The molecule has 0 N–H and O–H groups in total. The van der Waals surface area contributed by atoms with E-state index in [1.807, 2.05) is 6.92 Å². The zero-order valence-electron chi connectivity index (χ0n) is 11.1. The average Bonchev–Trinajstić information content (AvgIpc) is 2.38. The van der Waals surface area contributed by atoms with Crippen LogP contribution >= 0.6 is 0 Å². The Morgan fingerprint density at radius 3 is 2.61 bits per heavy atom. The van der Waals surface area contributed by atoms with Crippen LogP contribution in [0, 0.1) is 5.92 Å². The Morgan fingerprint density at radius 2 is 2.06 bits per heavy atom. The van der Waals surface area contributed by atoms with Crippen LogP contribution < -0.4 is 9.47 Å². The minimum absolute atomic E-state index is 0.119. The van der Waals surface area contributed by atoms with E-state index < -0.39 is 0 Å². The van der Waals surface area contributed by atoms with Gasteiger partial charge in [0.2, 0.25) is 11.8 Å².